The molecule has 2 aromatic heterocycles. The van der Waals surface area contributed by atoms with E-state index in [1.807, 2.05) is 6.07 Å². The minimum absolute atomic E-state index is 0.0658. The van der Waals surface area contributed by atoms with Crippen molar-refractivity contribution in [1.29, 1.82) is 5.26 Å². The summed E-state index contributed by atoms with van der Waals surface area (Å²) in [5.74, 6) is -1.82. The molecule has 12 nitrogen and oxygen atoms in total. The molecule has 3 heterocycles. The van der Waals surface area contributed by atoms with Crippen molar-refractivity contribution in [2.45, 2.75) is 45.3 Å². The summed E-state index contributed by atoms with van der Waals surface area (Å²) in [7, 11) is 0. The highest BCUT2D eigenvalue weighted by Gasteiger charge is 2.51. The molecule has 31 heavy (non-hydrogen) atoms. The van der Waals surface area contributed by atoms with Crippen LogP contribution in [0.25, 0.3) is 11.0 Å². The predicted octanol–water partition coefficient (Wildman–Crippen LogP) is 0.972. The number of aromatic nitrogens is 3. The van der Waals surface area contributed by atoms with Gasteiger partial charge in [-0.2, -0.15) is 5.26 Å². The second kappa shape index (κ2) is 8.86. The molecule has 2 aromatic rings. The molecule has 4 atom stereocenters. The first kappa shape index (κ1) is 22.4. The molecular formula is C18H18BrN5O7. The Kier molecular flexibility index (Phi) is 6.42. The van der Waals surface area contributed by atoms with Crippen molar-refractivity contribution < 1.29 is 33.3 Å². The van der Waals surface area contributed by atoms with E-state index in [-0.39, 0.29) is 33.6 Å². The molecule has 3 rings (SSSR count). The van der Waals surface area contributed by atoms with Gasteiger partial charge in [-0.05, 0) is 15.9 Å². The van der Waals surface area contributed by atoms with E-state index in [9.17, 15) is 19.6 Å². The minimum Gasteiger partial charge on any atom is -0.463 e. The summed E-state index contributed by atoms with van der Waals surface area (Å²) >= 11 is 3.35. The highest BCUT2D eigenvalue weighted by Crippen LogP contribution is 2.41. The van der Waals surface area contributed by atoms with Crippen molar-refractivity contribution in [2.24, 2.45) is 0 Å². The second-order valence-corrected chi connectivity index (χ2v) is 7.37. The molecule has 1 fully saturated rings. The van der Waals surface area contributed by atoms with Gasteiger partial charge < -0.3 is 24.7 Å². The lowest BCUT2D eigenvalue weighted by atomic mass is 10.1. The number of carbonyl (C=O) groups is 3. The Hall–Kier alpha value is -3.24. The molecule has 13 heteroatoms. The number of nitrogens with zero attached hydrogens (tertiary/aromatic N) is 4. The van der Waals surface area contributed by atoms with Crippen LogP contribution in [-0.2, 0) is 33.3 Å². The van der Waals surface area contributed by atoms with Crippen LogP contribution in [0.1, 0.15) is 32.6 Å². The number of nitrogens with two attached hydrogens (primary N) is 1. The predicted molar refractivity (Wildman–Crippen MR) is 106 cm³/mol. The normalized spacial score (nSPS) is 22.7. The van der Waals surface area contributed by atoms with Crippen molar-refractivity contribution in [3.8, 4) is 6.07 Å². The monoisotopic (exact) mass is 495 g/mol. The van der Waals surface area contributed by atoms with Gasteiger partial charge in [0.2, 0.25) is 0 Å². The number of nitriles is 1. The van der Waals surface area contributed by atoms with E-state index < -0.39 is 42.4 Å². The number of carbonyl (C=O) groups excluding carboxylic acids is 3. The summed E-state index contributed by atoms with van der Waals surface area (Å²) in [6, 6.07) is 2.03. The van der Waals surface area contributed by atoms with Gasteiger partial charge in [0.15, 0.2) is 18.4 Å². The number of esters is 3. The fourth-order valence-corrected chi connectivity index (χ4v) is 4.02. The van der Waals surface area contributed by atoms with Crippen LogP contribution in [0.15, 0.2) is 10.9 Å². The first-order valence-electron chi connectivity index (χ1n) is 8.98. The number of fused-ring (bicyclic) bond motifs is 1. The number of ether oxygens (including phenoxy) is 4. The van der Waals surface area contributed by atoms with E-state index in [2.05, 4.69) is 25.9 Å². The molecule has 0 aromatic carbocycles. The Bertz CT molecular complexity index is 1100. The van der Waals surface area contributed by atoms with Crippen molar-refractivity contribution in [3.05, 3.63) is 16.5 Å². The molecule has 0 spiro atoms. The lowest BCUT2D eigenvalue weighted by Gasteiger charge is -2.24. The Morgan fingerprint density at radius 1 is 1.19 bits per heavy atom. The largest absolute Gasteiger partial charge is 0.463 e. The summed E-state index contributed by atoms with van der Waals surface area (Å²) < 4.78 is 23.5. The zero-order valence-electron chi connectivity index (χ0n) is 16.7. The average Bonchev–Trinajstić information content (AvgIpc) is 3.14. The maximum absolute atomic E-state index is 11.8. The van der Waals surface area contributed by atoms with Crippen LogP contribution >= 0.6 is 15.9 Å². The number of anilines is 1. The van der Waals surface area contributed by atoms with E-state index in [0.29, 0.717) is 0 Å². The van der Waals surface area contributed by atoms with Gasteiger partial charge in [-0.25, -0.2) is 9.97 Å². The fourth-order valence-electron chi connectivity index (χ4n) is 3.36. The van der Waals surface area contributed by atoms with E-state index in [1.54, 1.807) is 0 Å². The van der Waals surface area contributed by atoms with Gasteiger partial charge in [-0.3, -0.25) is 19.0 Å². The zero-order valence-corrected chi connectivity index (χ0v) is 18.3. The van der Waals surface area contributed by atoms with Gasteiger partial charge in [0, 0.05) is 20.8 Å². The van der Waals surface area contributed by atoms with E-state index >= 15 is 0 Å². The van der Waals surface area contributed by atoms with Crippen molar-refractivity contribution in [3.63, 3.8) is 0 Å². The molecule has 0 bridgehead atoms. The quantitative estimate of drug-likeness (QED) is 0.462. The van der Waals surface area contributed by atoms with Crippen LogP contribution in [0.2, 0.25) is 0 Å². The third-order valence-electron chi connectivity index (χ3n) is 4.46. The van der Waals surface area contributed by atoms with Crippen molar-refractivity contribution in [1.82, 2.24) is 14.5 Å². The number of hydrogen-bond donors (Lipinski definition) is 1. The van der Waals surface area contributed by atoms with E-state index in [4.69, 9.17) is 24.7 Å². The topological polar surface area (TPSA) is 169 Å². The van der Waals surface area contributed by atoms with Crippen molar-refractivity contribution >= 4 is 50.7 Å². The maximum Gasteiger partial charge on any atom is 0.303 e. The molecule has 1 aliphatic heterocycles. The van der Waals surface area contributed by atoms with Gasteiger partial charge >= 0.3 is 17.9 Å². The van der Waals surface area contributed by atoms with Crippen LogP contribution in [0.5, 0.6) is 0 Å². The van der Waals surface area contributed by atoms with Gasteiger partial charge in [-0.15, -0.1) is 0 Å². The third-order valence-corrected chi connectivity index (χ3v) is 5.24. The van der Waals surface area contributed by atoms with Gasteiger partial charge in [0.05, 0.1) is 10.9 Å². The van der Waals surface area contributed by atoms with Crippen molar-refractivity contribution in [2.75, 3.05) is 12.3 Å². The van der Waals surface area contributed by atoms with Gasteiger partial charge in [-0.1, -0.05) is 0 Å². The first-order valence-corrected chi connectivity index (χ1v) is 9.78. The Morgan fingerprint density at radius 3 is 2.42 bits per heavy atom. The molecule has 0 unspecified atom stereocenters. The van der Waals surface area contributed by atoms with E-state index in [0.717, 1.165) is 0 Å². The smallest absolute Gasteiger partial charge is 0.303 e. The fraction of sp³-hybridized carbons (Fsp3) is 0.444. The standard InChI is InChI=1S/C18H18BrN5O7/c1-7(25)28-5-11-13(29-8(2)26)14(30-9(3)27)18(31-11)24-15(19)10(4-20)12-16(21)22-6-23-17(12)24/h6,11,13-14,18H,5H2,1-3H3,(H2,21,22,23)/t11-,13-,14+,18-/m1/s1. The summed E-state index contributed by atoms with van der Waals surface area (Å²) in [4.78, 5) is 42.9. The Balaban J connectivity index is 2.16. The Morgan fingerprint density at radius 2 is 1.84 bits per heavy atom. The van der Waals surface area contributed by atoms with Crippen LogP contribution in [0.4, 0.5) is 5.82 Å². The zero-order chi connectivity index (χ0) is 22.9. The lowest BCUT2D eigenvalue weighted by molar-refractivity contribution is -0.166. The average molecular weight is 496 g/mol. The number of hydrogen-bond acceptors (Lipinski definition) is 11. The molecule has 1 aliphatic rings. The first-order chi connectivity index (χ1) is 14.6. The summed E-state index contributed by atoms with van der Waals surface area (Å²) in [5.41, 5.74) is 6.31. The lowest BCUT2D eigenvalue weighted by Crippen LogP contribution is -2.40. The Labute approximate surface area is 184 Å². The minimum atomic E-state index is -1.14. The highest BCUT2D eigenvalue weighted by molar-refractivity contribution is 9.10. The SMILES string of the molecule is CC(=O)OC[C@H]1O[C@@H](n2c(Br)c(C#N)c3c(N)ncnc32)[C@@H](OC(C)=O)[C@@H]1OC(C)=O. The highest BCUT2D eigenvalue weighted by atomic mass is 79.9. The van der Waals surface area contributed by atoms with E-state index in [1.165, 1.54) is 31.7 Å². The molecule has 0 amide bonds. The van der Waals surface area contributed by atoms with Gasteiger partial charge in [0.25, 0.3) is 0 Å². The van der Waals surface area contributed by atoms with Crippen LogP contribution < -0.4 is 5.73 Å². The van der Waals surface area contributed by atoms with Crippen LogP contribution in [-0.4, -0.2) is 57.4 Å². The molecule has 1 saturated heterocycles. The number of halogens is 1. The third kappa shape index (κ3) is 4.30. The summed E-state index contributed by atoms with van der Waals surface area (Å²) in [6.45, 7) is 3.32. The molecular weight excluding hydrogens is 478 g/mol. The summed E-state index contributed by atoms with van der Waals surface area (Å²) in [6.07, 6.45) is -3.09. The number of nitrogen functional groups attached to an aromatic ring is 1. The molecule has 2 N–H and O–H groups in total. The van der Waals surface area contributed by atoms with Gasteiger partial charge in [0.1, 0.15) is 41.2 Å². The molecule has 0 radical (unpaired) electrons. The molecule has 0 aliphatic carbocycles. The second-order valence-electron chi connectivity index (χ2n) is 6.62. The molecule has 164 valence electrons. The maximum atomic E-state index is 11.8. The van der Waals surface area contributed by atoms with Crippen LogP contribution in [0.3, 0.4) is 0 Å². The number of rotatable bonds is 5. The van der Waals surface area contributed by atoms with Crippen LogP contribution in [0, 0.1) is 11.3 Å². The molecule has 0 saturated carbocycles. The summed E-state index contributed by atoms with van der Waals surface area (Å²) in [5, 5.41) is 9.89.